The summed E-state index contributed by atoms with van der Waals surface area (Å²) in [4.78, 5) is 0. The molecule has 0 heterocycles. The van der Waals surface area contributed by atoms with Gasteiger partial charge in [-0.2, -0.15) is 0 Å². The molecule has 0 bridgehead atoms. The number of para-hydroxylation sites is 1. The van der Waals surface area contributed by atoms with E-state index in [1.807, 2.05) is 19.1 Å². The van der Waals surface area contributed by atoms with E-state index in [2.05, 4.69) is 41.7 Å². The number of nitrogens with one attached hydrogen (secondary N) is 1. The minimum atomic E-state index is 0.523. The minimum Gasteiger partial charge on any atom is -0.493 e. The highest BCUT2D eigenvalue weighted by Gasteiger charge is 2.10. The Kier molecular flexibility index (Phi) is 8.87. The summed E-state index contributed by atoms with van der Waals surface area (Å²) in [6.45, 7) is 5.51. The third-order valence-corrected chi connectivity index (χ3v) is 3.94. The van der Waals surface area contributed by atoms with Crippen molar-refractivity contribution in [1.29, 1.82) is 0 Å². The van der Waals surface area contributed by atoms with Crippen molar-refractivity contribution in [1.82, 2.24) is 5.32 Å². The fraction of sp³-hybridized carbons (Fsp3) is 0.429. The smallest absolute Gasteiger partial charge is 0.165 e. The summed E-state index contributed by atoms with van der Waals surface area (Å²) in [7, 11) is 1.67. The van der Waals surface area contributed by atoms with E-state index < -0.39 is 0 Å². The topological polar surface area (TPSA) is 39.7 Å². The molecule has 0 aliphatic carbocycles. The van der Waals surface area contributed by atoms with Crippen LogP contribution in [0.1, 0.15) is 24.5 Å². The standard InChI is InChI=1S/C21H29NO3/c1-3-24-15-16-25-21-19(12-7-13-20(21)23-2)17-22-14-8-11-18-9-5-4-6-10-18/h4-7,9-10,12-13,22H,3,8,11,14-17H2,1-2H3. The molecule has 0 aromatic heterocycles. The maximum atomic E-state index is 5.90. The molecule has 0 atom stereocenters. The summed E-state index contributed by atoms with van der Waals surface area (Å²) < 4.78 is 16.7. The van der Waals surface area contributed by atoms with E-state index in [9.17, 15) is 0 Å². The molecule has 4 heteroatoms. The van der Waals surface area contributed by atoms with Gasteiger partial charge in [0.1, 0.15) is 6.61 Å². The average Bonchev–Trinajstić information content (AvgIpc) is 2.66. The van der Waals surface area contributed by atoms with E-state index in [1.54, 1.807) is 7.11 Å². The Hall–Kier alpha value is -2.04. The van der Waals surface area contributed by atoms with Crippen LogP contribution < -0.4 is 14.8 Å². The monoisotopic (exact) mass is 343 g/mol. The van der Waals surface area contributed by atoms with Crippen molar-refractivity contribution in [2.75, 3.05) is 33.5 Å². The van der Waals surface area contributed by atoms with E-state index >= 15 is 0 Å². The van der Waals surface area contributed by atoms with Crippen molar-refractivity contribution < 1.29 is 14.2 Å². The predicted octanol–water partition coefficient (Wildman–Crippen LogP) is 3.83. The molecule has 2 rings (SSSR count). The number of hydrogen-bond donors (Lipinski definition) is 1. The molecule has 0 aliphatic heterocycles. The van der Waals surface area contributed by atoms with Gasteiger partial charge in [-0.25, -0.2) is 0 Å². The number of benzene rings is 2. The Morgan fingerprint density at radius 2 is 1.80 bits per heavy atom. The summed E-state index contributed by atoms with van der Waals surface area (Å²) in [5, 5.41) is 3.50. The van der Waals surface area contributed by atoms with Gasteiger partial charge in [0.2, 0.25) is 0 Å². The van der Waals surface area contributed by atoms with Crippen molar-refractivity contribution in [2.45, 2.75) is 26.3 Å². The van der Waals surface area contributed by atoms with E-state index in [-0.39, 0.29) is 0 Å². The maximum absolute atomic E-state index is 5.90. The zero-order valence-electron chi connectivity index (χ0n) is 15.3. The Morgan fingerprint density at radius 1 is 0.960 bits per heavy atom. The zero-order chi connectivity index (χ0) is 17.7. The van der Waals surface area contributed by atoms with Gasteiger partial charge in [-0.3, -0.25) is 0 Å². The third kappa shape index (κ3) is 6.77. The van der Waals surface area contributed by atoms with Crippen LogP contribution in [0, 0.1) is 0 Å². The molecule has 0 aliphatic rings. The first-order chi connectivity index (χ1) is 12.3. The average molecular weight is 343 g/mol. The lowest BCUT2D eigenvalue weighted by Gasteiger charge is -2.15. The van der Waals surface area contributed by atoms with Gasteiger partial charge >= 0.3 is 0 Å². The molecular formula is C21H29NO3. The quantitative estimate of drug-likeness (QED) is 0.595. The second-order valence-corrected chi connectivity index (χ2v) is 5.76. The fourth-order valence-corrected chi connectivity index (χ4v) is 2.66. The van der Waals surface area contributed by atoms with Crippen LogP contribution in [0.15, 0.2) is 48.5 Å². The molecule has 136 valence electrons. The first-order valence-electron chi connectivity index (χ1n) is 8.96. The molecule has 4 nitrogen and oxygen atoms in total. The summed E-state index contributed by atoms with van der Waals surface area (Å²) in [6.07, 6.45) is 2.19. The molecule has 2 aromatic carbocycles. The zero-order valence-corrected chi connectivity index (χ0v) is 15.3. The maximum Gasteiger partial charge on any atom is 0.165 e. The molecular weight excluding hydrogens is 314 g/mol. The van der Waals surface area contributed by atoms with E-state index in [1.165, 1.54) is 5.56 Å². The van der Waals surface area contributed by atoms with Gasteiger partial charge in [0, 0.05) is 18.7 Å². The Labute approximate surface area is 151 Å². The molecule has 0 saturated heterocycles. The number of hydrogen-bond acceptors (Lipinski definition) is 4. The van der Waals surface area contributed by atoms with Gasteiger partial charge in [-0.05, 0) is 37.9 Å². The van der Waals surface area contributed by atoms with Gasteiger partial charge < -0.3 is 19.5 Å². The third-order valence-electron chi connectivity index (χ3n) is 3.94. The Balaban J connectivity index is 1.81. The van der Waals surface area contributed by atoms with Crippen molar-refractivity contribution in [3.63, 3.8) is 0 Å². The van der Waals surface area contributed by atoms with Gasteiger partial charge in [-0.1, -0.05) is 42.5 Å². The number of rotatable bonds is 12. The van der Waals surface area contributed by atoms with Crippen LogP contribution in [0.2, 0.25) is 0 Å². The highest BCUT2D eigenvalue weighted by Crippen LogP contribution is 2.31. The fourth-order valence-electron chi connectivity index (χ4n) is 2.66. The molecule has 0 unspecified atom stereocenters. The van der Waals surface area contributed by atoms with Gasteiger partial charge in [0.15, 0.2) is 11.5 Å². The van der Waals surface area contributed by atoms with Crippen LogP contribution in [0.3, 0.4) is 0 Å². The van der Waals surface area contributed by atoms with Crippen molar-refractivity contribution in [3.05, 3.63) is 59.7 Å². The molecule has 0 amide bonds. The van der Waals surface area contributed by atoms with Gasteiger partial charge in [-0.15, -0.1) is 0 Å². The summed E-state index contributed by atoms with van der Waals surface area (Å²) in [6, 6.07) is 16.6. The van der Waals surface area contributed by atoms with Crippen molar-refractivity contribution >= 4 is 0 Å². The molecule has 0 spiro atoms. The number of methoxy groups -OCH3 is 1. The Bertz CT molecular complexity index is 601. The first-order valence-corrected chi connectivity index (χ1v) is 8.96. The molecule has 25 heavy (non-hydrogen) atoms. The lowest BCUT2D eigenvalue weighted by atomic mass is 10.1. The molecule has 0 radical (unpaired) electrons. The van der Waals surface area contributed by atoms with E-state index in [0.717, 1.165) is 43.0 Å². The number of aryl methyl sites for hydroxylation is 1. The SMILES string of the molecule is CCOCCOc1c(CNCCCc2ccccc2)cccc1OC. The van der Waals surface area contributed by atoms with E-state index in [0.29, 0.717) is 19.8 Å². The molecule has 1 N–H and O–H groups in total. The molecule has 0 fully saturated rings. The first kappa shape index (κ1) is 19.3. The second-order valence-electron chi connectivity index (χ2n) is 5.76. The normalized spacial score (nSPS) is 10.6. The summed E-state index contributed by atoms with van der Waals surface area (Å²) in [5.41, 5.74) is 2.49. The highest BCUT2D eigenvalue weighted by atomic mass is 16.5. The van der Waals surface area contributed by atoms with Crippen LogP contribution in [-0.2, 0) is 17.7 Å². The minimum absolute atomic E-state index is 0.523. The van der Waals surface area contributed by atoms with Gasteiger partial charge in [0.05, 0.1) is 13.7 Å². The lowest BCUT2D eigenvalue weighted by molar-refractivity contribution is 0.108. The summed E-state index contributed by atoms with van der Waals surface area (Å²) >= 11 is 0. The highest BCUT2D eigenvalue weighted by molar-refractivity contribution is 5.46. The van der Waals surface area contributed by atoms with Crippen LogP contribution in [0.25, 0.3) is 0 Å². The summed E-state index contributed by atoms with van der Waals surface area (Å²) in [5.74, 6) is 1.57. The van der Waals surface area contributed by atoms with E-state index in [4.69, 9.17) is 14.2 Å². The largest absolute Gasteiger partial charge is 0.493 e. The molecule has 2 aromatic rings. The van der Waals surface area contributed by atoms with Crippen LogP contribution in [-0.4, -0.2) is 33.5 Å². The Morgan fingerprint density at radius 3 is 2.56 bits per heavy atom. The van der Waals surface area contributed by atoms with Gasteiger partial charge in [0.25, 0.3) is 0 Å². The lowest BCUT2D eigenvalue weighted by Crippen LogP contribution is -2.17. The van der Waals surface area contributed by atoms with Crippen molar-refractivity contribution in [2.24, 2.45) is 0 Å². The van der Waals surface area contributed by atoms with Crippen LogP contribution in [0.4, 0.5) is 0 Å². The van der Waals surface area contributed by atoms with Crippen LogP contribution in [0.5, 0.6) is 11.5 Å². The van der Waals surface area contributed by atoms with Crippen LogP contribution >= 0.6 is 0 Å². The molecule has 0 saturated carbocycles. The predicted molar refractivity (Wildman–Crippen MR) is 101 cm³/mol. The van der Waals surface area contributed by atoms with Crippen molar-refractivity contribution in [3.8, 4) is 11.5 Å². The number of ether oxygens (including phenoxy) is 3. The second kappa shape index (κ2) is 11.5.